The van der Waals surface area contributed by atoms with Crippen LogP contribution in [-0.4, -0.2) is 31.4 Å². The highest BCUT2D eigenvalue weighted by Crippen LogP contribution is 2.42. The van der Waals surface area contributed by atoms with Crippen LogP contribution in [0.5, 0.6) is 5.75 Å². The molecule has 2 aromatic carbocycles. The van der Waals surface area contributed by atoms with Crippen LogP contribution >= 0.6 is 0 Å². The van der Waals surface area contributed by atoms with E-state index in [1.165, 1.54) is 7.11 Å². The summed E-state index contributed by atoms with van der Waals surface area (Å²) in [6.07, 6.45) is -0.841. The van der Waals surface area contributed by atoms with Crippen LogP contribution in [0.2, 0.25) is 0 Å². The predicted octanol–water partition coefficient (Wildman–Crippen LogP) is 3.84. The molecule has 0 saturated heterocycles. The monoisotopic (exact) mass is 381 g/mol. The van der Waals surface area contributed by atoms with E-state index in [4.69, 9.17) is 9.47 Å². The van der Waals surface area contributed by atoms with E-state index < -0.39 is 23.2 Å². The third kappa shape index (κ3) is 2.95. The molecule has 0 bridgehead atoms. The van der Waals surface area contributed by atoms with Crippen LogP contribution in [0, 0.1) is 0 Å². The lowest BCUT2D eigenvalue weighted by atomic mass is 9.83. The van der Waals surface area contributed by atoms with Crippen LogP contribution in [0.4, 0.5) is 4.79 Å². The largest absolute Gasteiger partial charge is 0.496 e. The molecule has 0 saturated carbocycles. The van der Waals surface area contributed by atoms with Crippen LogP contribution in [-0.2, 0) is 10.3 Å². The van der Waals surface area contributed by atoms with E-state index >= 15 is 0 Å². The van der Waals surface area contributed by atoms with Gasteiger partial charge in [0.2, 0.25) is 11.6 Å². The van der Waals surface area contributed by atoms with Crippen molar-refractivity contribution in [1.82, 2.24) is 5.32 Å². The fourth-order valence-corrected chi connectivity index (χ4v) is 3.51. The fraction of sp³-hybridized carbons (Fsp3) is 0.318. The lowest BCUT2D eigenvalue weighted by Crippen LogP contribution is -2.54. The number of ether oxygens (including phenoxy) is 2. The molecule has 1 aliphatic carbocycles. The van der Waals surface area contributed by atoms with Crippen LogP contribution < -0.4 is 10.1 Å². The highest BCUT2D eigenvalue weighted by Gasteiger charge is 2.57. The SMILES string of the molecule is CCOC(=O)NC1(c2ccc(C(C)C)cc2OC)C(=O)c2ccccc2C1=O. The van der Waals surface area contributed by atoms with Gasteiger partial charge in [-0.05, 0) is 24.5 Å². The van der Waals surface area contributed by atoms with Crippen LogP contribution in [0.3, 0.4) is 0 Å². The lowest BCUT2D eigenvalue weighted by molar-refractivity contribution is 0.0723. The minimum Gasteiger partial charge on any atom is -0.496 e. The molecule has 6 heteroatoms. The molecule has 0 aromatic heterocycles. The Hall–Kier alpha value is -3.15. The molecule has 0 aliphatic heterocycles. The van der Waals surface area contributed by atoms with Crippen LogP contribution in [0.15, 0.2) is 42.5 Å². The molecule has 0 radical (unpaired) electrons. The molecule has 1 amide bonds. The molecule has 2 aromatic rings. The number of Topliss-reactive ketones (excluding diaryl/α,β-unsaturated/α-hetero) is 2. The average Bonchev–Trinajstić information content (AvgIpc) is 2.90. The van der Waals surface area contributed by atoms with E-state index in [9.17, 15) is 14.4 Å². The van der Waals surface area contributed by atoms with Gasteiger partial charge in [0, 0.05) is 16.7 Å². The molecule has 146 valence electrons. The number of alkyl carbamates (subject to hydrolysis) is 1. The Morgan fingerprint density at radius 3 is 2.18 bits per heavy atom. The molecule has 0 fully saturated rings. The first kappa shape index (κ1) is 19.6. The fourth-order valence-electron chi connectivity index (χ4n) is 3.51. The van der Waals surface area contributed by atoms with Crippen molar-refractivity contribution in [2.45, 2.75) is 32.2 Å². The van der Waals surface area contributed by atoms with Gasteiger partial charge in [-0.1, -0.05) is 50.2 Å². The zero-order chi connectivity index (χ0) is 20.5. The first-order chi connectivity index (χ1) is 13.4. The van der Waals surface area contributed by atoms with Crippen molar-refractivity contribution < 1.29 is 23.9 Å². The number of carbonyl (C=O) groups excluding carboxylic acids is 3. The second-order valence-electron chi connectivity index (χ2n) is 6.91. The zero-order valence-electron chi connectivity index (χ0n) is 16.4. The van der Waals surface area contributed by atoms with Gasteiger partial charge >= 0.3 is 6.09 Å². The number of benzene rings is 2. The Balaban J connectivity index is 2.24. The van der Waals surface area contributed by atoms with Crippen LogP contribution in [0.25, 0.3) is 0 Å². The molecule has 3 rings (SSSR count). The smallest absolute Gasteiger partial charge is 0.408 e. The maximum Gasteiger partial charge on any atom is 0.408 e. The van der Waals surface area contributed by atoms with Gasteiger partial charge in [-0.25, -0.2) is 4.79 Å². The highest BCUT2D eigenvalue weighted by atomic mass is 16.5. The number of nitrogens with one attached hydrogen (secondary N) is 1. The Kier molecular flexibility index (Phi) is 5.23. The van der Waals surface area contributed by atoms with Gasteiger partial charge in [0.25, 0.3) is 0 Å². The normalized spacial score (nSPS) is 14.8. The molecule has 1 aliphatic rings. The van der Waals surface area contributed by atoms with Gasteiger partial charge in [-0.3, -0.25) is 14.9 Å². The van der Waals surface area contributed by atoms with Gasteiger partial charge in [0.05, 0.1) is 13.7 Å². The molecule has 0 atom stereocenters. The van der Waals surface area contributed by atoms with E-state index in [0.29, 0.717) is 11.3 Å². The summed E-state index contributed by atoms with van der Waals surface area (Å²) >= 11 is 0. The van der Waals surface area contributed by atoms with Gasteiger partial charge in [0.15, 0.2) is 5.54 Å². The minimum atomic E-state index is -1.92. The summed E-state index contributed by atoms with van der Waals surface area (Å²) < 4.78 is 10.5. The number of fused-ring (bicyclic) bond motifs is 1. The number of rotatable bonds is 5. The number of amides is 1. The van der Waals surface area contributed by atoms with E-state index in [1.807, 2.05) is 19.9 Å². The van der Waals surface area contributed by atoms with E-state index in [2.05, 4.69) is 5.32 Å². The molecule has 1 N–H and O–H groups in total. The third-order valence-corrected chi connectivity index (χ3v) is 4.96. The number of carbonyl (C=O) groups is 3. The molecule has 0 heterocycles. The van der Waals surface area contributed by atoms with Crippen molar-refractivity contribution in [2.75, 3.05) is 13.7 Å². The van der Waals surface area contributed by atoms with Crippen molar-refractivity contribution in [2.24, 2.45) is 0 Å². The van der Waals surface area contributed by atoms with E-state index in [-0.39, 0.29) is 23.7 Å². The Morgan fingerprint density at radius 1 is 1.07 bits per heavy atom. The van der Waals surface area contributed by atoms with Gasteiger partial charge < -0.3 is 9.47 Å². The minimum absolute atomic E-state index is 0.112. The molecule has 0 spiro atoms. The molecule has 28 heavy (non-hydrogen) atoms. The predicted molar refractivity (Wildman–Crippen MR) is 104 cm³/mol. The Morgan fingerprint density at radius 2 is 1.68 bits per heavy atom. The molecule has 0 unspecified atom stereocenters. The van der Waals surface area contributed by atoms with Crippen LogP contribution in [0.1, 0.15) is 58.5 Å². The van der Waals surface area contributed by atoms with Gasteiger partial charge in [-0.2, -0.15) is 0 Å². The summed E-state index contributed by atoms with van der Waals surface area (Å²) in [6.45, 7) is 5.82. The molecular weight excluding hydrogens is 358 g/mol. The highest BCUT2D eigenvalue weighted by molar-refractivity contribution is 6.33. The number of hydrogen-bond donors (Lipinski definition) is 1. The first-order valence-corrected chi connectivity index (χ1v) is 9.18. The standard InChI is InChI=1S/C22H23NO5/c1-5-28-21(26)23-22(17-11-10-14(13(2)3)12-18(17)27-4)19(24)15-8-6-7-9-16(15)20(22)25/h6-13H,5H2,1-4H3,(H,23,26). The van der Waals surface area contributed by atoms with Crippen molar-refractivity contribution in [3.8, 4) is 5.75 Å². The second-order valence-corrected chi connectivity index (χ2v) is 6.91. The summed E-state index contributed by atoms with van der Waals surface area (Å²) in [6, 6.07) is 11.8. The summed E-state index contributed by atoms with van der Waals surface area (Å²) in [5.41, 5.74) is -0.115. The topological polar surface area (TPSA) is 81.7 Å². The zero-order valence-corrected chi connectivity index (χ0v) is 16.4. The summed E-state index contributed by atoms with van der Waals surface area (Å²) in [4.78, 5) is 39.1. The number of hydrogen-bond acceptors (Lipinski definition) is 5. The second kappa shape index (κ2) is 7.46. The quantitative estimate of drug-likeness (QED) is 0.796. The third-order valence-electron chi connectivity index (χ3n) is 4.96. The maximum atomic E-state index is 13.4. The van der Waals surface area contributed by atoms with Gasteiger partial charge in [0.1, 0.15) is 5.75 Å². The summed E-state index contributed by atoms with van der Waals surface area (Å²) in [7, 11) is 1.47. The van der Waals surface area contributed by atoms with Crippen molar-refractivity contribution in [3.05, 3.63) is 64.7 Å². The average molecular weight is 381 g/mol. The number of methoxy groups -OCH3 is 1. The summed E-state index contributed by atoms with van der Waals surface area (Å²) in [5.74, 6) is -0.421. The van der Waals surface area contributed by atoms with E-state index in [0.717, 1.165) is 5.56 Å². The lowest BCUT2D eigenvalue weighted by Gasteiger charge is -2.29. The van der Waals surface area contributed by atoms with Gasteiger partial charge in [-0.15, -0.1) is 0 Å². The van der Waals surface area contributed by atoms with E-state index in [1.54, 1.807) is 43.3 Å². The Labute approximate surface area is 163 Å². The van der Waals surface area contributed by atoms with Crippen molar-refractivity contribution >= 4 is 17.7 Å². The first-order valence-electron chi connectivity index (χ1n) is 9.18. The molecule has 6 nitrogen and oxygen atoms in total. The maximum absolute atomic E-state index is 13.4. The van der Waals surface area contributed by atoms with Crippen molar-refractivity contribution in [1.29, 1.82) is 0 Å². The summed E-state index contributed by atoms with van der Waals surface area (Å²) in [5, 5.41) is 2.54. The number of ketones is 2. The van der Waals surface area contributed by atoms with Crippen molar-refractivity contribution in [3.63, 3.8) is 0 Å². The molecular formula is C22H23NO5. The Bertz CT molecular complexity index is 913.